The third-order valence-corrected chi connectivity index (χ3v) is 2.18. The molecule has 0 radical (unpaired) electrons. The van der Waals surface area contributed by atoms with E-state index in [4.69, 9.17) is 15.9 Å². The predicted molar refractivity (Wildman–Crippen MR) is 61.5 cm³/mol. The monoisotopic (exact) mass is 265 g/mol. The summed E-state index contributed by atoms with van der Waals surface area (Å²) in [6.07, 6.45) is 0. The third kappa shape index (κ3) is 5.52. The van der Waals surface area contributed by atoms with Gasteiger partial charge in [0.25, 0.3) is 0 Å². The second kappa shape index (κ2) is 7.87. The first-order chi connectivity index (χ1) is 7.96. The second-order valence-corrected chi connectivity index (χ2v) is 3.45. The lowest BCUT2D eigenvalue weighted by atomic mass is 10.2. The van der Waals surface area contributed by atoms with Crippen LogP contribution in [0.3, 0.4) is 0 Å². The number of amides is 2. The van der Waals surface area contributed by atoms with Crippen LogP contribution in [0.2, 0.25) is 0 Å². The molecule has 0 aromatic carbocycles. The maximum absolute atomic E-state index is 11.5. The standard InChI is InChI=1S/C8H15N3O5S/c9-1-6(13)10-4(2-12)7(14)11-5(3-17)8(15)16/h4-5,12,17H,1-3,9H2,(H,10,13)(H,11,14)(H,15,16). The number of aliphatic hydroxyl groups is 1. The highest BCUT2D eigenvalue weighted by atomic mass is 32.1. The molecular formula is C8H15N3O5S. The van der Waals surface area contributed by atoms with E-state index in [1.165, 1.54) is 0 Å². The van der Waals surface area contributed by atoms with Gasteiger partial charge in [-0.2, -0.15) is 12.6 Å². The van der Waals surface area contributed by atoms with Crippen LogP contribution in [0.15, 0.2) is 0 Å². The maximum Gasteiger partial charge on any atom is 0.327 e. The van der Waals surface area contributed by atoms with Crippen molar-refractivity contribution in [1.29, 1.82) is 0 Å². The van der Waals surface area contributed by atoms with Gasteiger partial charge in [-0.25, -0.2) is 4.79 Å². The molecule has 2 unspecified atom stereocenters. The fourth-order valence-electron chi connectivity index (χ4n) is 0.905. The Kier molecular flexibility index (Phi) is 7.26. The number of carbonyl (C=O) groups excluding carboxylic acids is 2. The molecule has 0 saturated carbocycles. The summed E-state index contributed by atoms with van der Waals surface area (Å²) in [4.78, 5) is 33.0. The summed E-state index contributed by atoms with van der Waals surface area (Å²) in [5.41, 5.74) is 5.02. The Bertz CT molecular complexity index is 299. The molecule has 0 bridgehead atoms. The maximum atomic E-state index is 11.5. The minimum absolute atomic E-state index is 0.107. The zero-order valence-corrected chi connectivity index (χ0v) is 9.81. The van der Waals surface area contributed by atoms with Crippen LogP contribution in [-0.4, -0.2) is 59.0 Å². The molecule has 2 amide bonds. The molecule has 0 aliphatic heterocycles. The quantitative estimate of drug-likeness (QED) is 0.270. The van der Waals surface area contributed by atoms with Crippen LogP contribution in [0, 0.1) is 0 Å². The summed E-state index contributed by atoms with van der Waals surface area (Å²) >= 11 is 3.75. The molecule has 0 aliphatic rings. The molecule has 0 aromatic rings. The summed E-state index contributed by atoms with van der Waals surface area (Å²) < 4.78 is 0. The predicted octanol–water partition coefficient (Wildman–Crippen LogP) is -3.08. The van der Waals surface area contributed by atoms with Gasteiger partial charge in [0.2, 0.25) is 11.8 Å². The Hall–Kier alpha value is -1.32. The smallest absolute Gasteiger partial charge is 0.327 e. The van der Waals surface area contributed by atoms with Gasteiger partial charge in [-0.1, -0.05) is 0 Å². The zero-order valence-electron chi connectivity index (χ0n) is 8.92. The van der Waals surface area contributed by atoms with Crippen molar-refractivity contribution in [2.24, 2.45) is 5.73 Å². The molecule has 0 aromatic heterocycles. The average Bonchev–Trinajstić information content (AvgIpc) is 2.31. The van der Waals surface area contributed by atoms with Crippen molar-refractivity contribution in [3.8, 4) is 0 Å². The average molecular weight is 265 g/mol. The Labute approximate surface area is 103 Å². The fraction of sp³-hybridized carbons (Fsp3) is 0.625. The van der Waals surface area contributed by atoms with Crippen molar-refractivity contribution in [2.75, 3.05) is 18.9 Å². The van der Waals surface area contributed by atoms with Crippen molar-refractivity contribution in [3.05, 3.63) is 0 Å². The van der Waals surface area contributed by atoms with Crippen LogP contribution < -0.4 is 16.4 Å². The molecule has 98 valence electrons. The third-order valence-electron chi connectivity index (χ3n) is 1.82. The molecule has 0 rings (SSSR count). The van der Waals surface area contributed by atoms with Crippen LogP contribution in [0.1, 0.15) is 0 Å². The Morgan fingerprint density at radius 1 is 1.24 bits per heavy atom. The van der Waals surface area contributed by atoms with Crippen molar-refractivity contribution in [1.82, 2.24) is 10.6 Å². The highest BCUT2D eigenvalue weighted by molar-refractivity contribution is 7.80. The highest BCUT2D eigenvalue weighted by Crippen LogP contribution is 1.91. The summed E-state index contributed by atoms with van der Waals surface area (Å²) in [6, 6.07) is -2.41. The lowest BCUT2D eigenvalue weighted by molar-refractivity contribution is -0.141. The van der Waals surface area contributed by atoms with Gasteiger partial charge in [-0.05, 0) is 0 Å². The molecule has 9 heteroatoms. The van der Waals surface area contributed by atoms with Gasteiger partial charge in [0.1, 0.15) is 12.1 Å². The number of thiol groups is 1. The van der Waals surface area contributed by atoms with E-state index >= 15 is 0 Å². The number of carboxylic acids is 1. The van der Waals surface area contributed by atoms with Gasteiger partial charge >= 0.3 is 5.97 Å². The Morgan fingerprint density at radius 3 is 2.18 bits per heavy atom. The van der Waals surface area contributed by atoms with Crippen LogP contribution >= 0.6 is 12.6 Å². The van der Waals surface area contributed by atoms with Crippen LogP contribution in [0.25, 0.3) is 0 Å². The second-order valence-electron chi connectivity index (χ2n) is 3.09. The van der Waals surface area contributed by atoms with Gasteiger partial charge in [0.05, 0.1) is 13.2 Å². The molecule has 0 spiro atoms. The number of carboxylic acid groups (broad SMARTS) is 1. The summed E-state index contributed by atoms with van der Waals surface area (Å²) in [5, 5.41) is 21.8. The van der Waals surface area contributed by atoms with E-state index in [1.807, 2.05) is 0 Å². The van der Waals surface area contributed by atoms with E-state index in [9.17, 15) is 14.4 Å². The van der Waals surface area contributed by atoms with Crippen LogP contribution in [-0.2, 0) is 14.4 Å². The minimum atomic E-state index is -1.25. The first-order valence-electron chi connectivity index (χ1n) is 4.70. The lowest BCUT2D eigenvalue weighted by Gasteiger charge is -2.18. The fourth-order valence-corrected chi connectivity index (χ4v) is 1.15. The van der Waals surface area contributed by atoms with Gasteiger partial charge in [0, 0.05) is 5.75 Å². The molecule has 0 saturated heterocycles. The highest BCUT2D eigenvalue weighted by Gasteiger charge is 2.24. The van der Waals surface area contributed by atoms with Crippen molar-refractivity contribution in [3.63, 3.8) is 0 Å². The summed E-state index contributed by atoms with van der Waals surface area (Å²) in [6.45, 7) is -0.991. The number of carbonyl (C=O) groups is 3. The van der Waals surface area contributed by atoms with E-state index in [1.54, 1.807) is 0 Å². The number of nitrogens with one attached hydrogen (secondary N) is 2. The minimum Gasteiger partial charge on any atom is -0.480 e. The summed E-state index contributed by atoms with van der Waals surface area (Å²) in [7, 11) is 0. The number of aliphatic hydroxyl groups excluding tert-OH is 1. The van der Waals surface area contributed by atoms with Crippen molar-refractivity contribution < 1.29 is 24.6 Å². The van der Waals surface area contributed by atoms with E-state index in [-0.39, 0.29) is 12.3 Å². The number of hydrogen-bond acceptors (Lipinski definition) is 6. The SMILES string of the molecule is NCC(=O)NC(CO)C(=O)NC(CS)C(=O)O. The molecule has 0 aliphatic carbocycles. The Morgan fingerprint density at radius 2 is 1.82 bits per heavy atom. The molecular weight excluding hydrogens is 250 g/mol. The lowest BCUT2D eigenvalue weighted by Crippen LogP contribution is -2.54. The summed E-state index contributed by atoms with van der Waals surface area (Å²) in [5.74, 6) is -2.80. The van der Waals surface area contributed by atoms with Crippen molar-refractivity contribution in [2.45, 2.75) is 12.1 Å². The van der Waals surface area contributed by atoms with E-state index in [0.717, 1.165) is 0 Å². The normalized spacial score (nSPS) is 13.6. The molecule has 0 fully saturated rings. The largest absolute Gasteiger partial charge is 0.480 e. The van der Waals surface area contributed by atoms with Gasteiger partial charge < -0.3 is 26.6 Å². The molecule has 6 N–H and O–H groups in total. The number of rotatable bonds is 7. The number of hydrogen-bond donors (Lipinski definition) is 6. The molecule has 2 atom stereocenters. The van der Waals surface area contributed by atoms with E-state index in [2.05, 4.69) is 23.3 Å². The number of nitrogens with two attached hydrogens (primary N) is 1. The first kappa shape index (κ1) is 15.7. The van der Waals surface area contributed by atoms with Crippen molar-refractivity contribution >= 4 is 30.4 Å². The molecule has 8 nitrogen and oxygen atoms in total. The first-order valence-corrected chi connectivity index (χ1v) is 5.33. The molecule has 0 heterocycles. The molecule has 17 heavy (non-hydrogen) atoms. The van der Waals surface area contributed by atoms with Crippen LogP contribution in [0.5, 0.6) is 0 Å². The zero-order chi connectivity index (χ0) is 13.4. The topological polar surface area (TPSA) is 142 Å². The van der Waals surface area contributed by atoms with Gasteiger partial charge in [-0.3, -0.25) is 9.59 Å². The number of aliphatic carboxylic acids is 1. The van der Waals surface area contributed by atoms with Gasteiger partial charge in [0.15, 0.2) is 0 Å². The van der Waals surface area contributed by atoms with E-state index in [0.29, 0.717) is 0 Å². The Balaban J connectivity index is 4.43. The van der Waals surface area contributed by atoms with Crippen LogP contribution in [0.4, 0.5) is 0 Å². The van der Waals surface area contributed by atoms with E-state index < -0.39 is 36.5 Å². The van der Waals surface area contributed by atoms with Gasteiger partial charge in [-0.15, -0.1) is 0 Å².